The second-order valence-corrected chi connectivity index (χ2v) is 5.23. The molecular formula is C15H34N2O3. The molecule has 0 spiro atoms. The second-order valence-electron chi connectivity index (χ2n) is 5.23. The van der Waals surface area contributed by atoms with Crippen molar-refractivity contribution in [1.29, 1.82) is 0 Å². The van der Waals surface area contributed by atoms with Crippen molar-refractivity contribution >= 4 is 0 Å². The van der Waals surface area contributed by atoms with E-state index in [-0.39, 0.29) is 6.10 Å². The smallest absolute Gasteiger partial charge is 0.0897 e. The number of hydrogen-bond acceptors (Lipinski definition) is 5. The molecule has 0 aromatic rings. The number of hydrogen-bond donors (Lipinski definition) is 2. The third kappa shape index (κ3) is 12.8. The van der Waals surface area contributed by atoms with Crippen LogP contribution >= 0.6 is 0 Å². The SMILES string of the molecule is CCN(CC)CCCNCC(O)COCCOC(C)C. The molecule has 0 aromatic heterocycles. The molecule has 0 heterocycles. The van der Waals surface area contributed by atoms with Gasteiger partial charge in [0.15, 0.2) is 0 Å². The van der Waals surface area contributed by atoms with Crippen molar-refractivity contribution in [3.8, 4) is 0 Å². The van der Waals surface area contributed by atoms with Crippen LogP contribution in [0.2, 0.25) is 0 Å². The first-order valence-corrected chi connectivity index (χ1v) is 7.90. The van der Waals surface area contributed by atoms with E-state index in [2.05, 4.69) is 24.1 Å². The second kappa shape index (κ2) is 13.8. The molecule has 0 saturated carbocycles. The molecule has 0 aromatic carbocycles. The Labute approximate surface area is 124 Å². The molecule has 5 nitrogen and oxygen atoms in total. The summed E-state index contributed by atoms with van der Waals surface area (Å²) in [6.45, 7) is 14.7. The minimum absolute atomic E-state index is 0.232. The van der Waals surface area contributed by atoms with Gasteiger partial charge in [-0.05, 0) is 46.4 Å². The molecule has 0 bridgehead atoms. The van der Waals surface area contributed by atoms with E-state index in [0.717, 1.165) is 32.6 Å². The van der Waals surface area contributed by atoms with Crippen LogP contribution in [0, 0.1) is 0 Å². The largest absolute Gasteiger partial charge is 0.389 e. The molecule has 0 saturated heterocycles. The summed E-state index contributed by atoms with van der Waals surface area (Å²) in [6.07, 6.45) is 0.899. The average molecular weight is 290 g/mol. The van der Waals surface area contributed by atoms with Gasteiger partial charge in [0.05, 0.1) is 32.0 Å². The minimum Gasteiger partial charge on any atom is -0.389 e. The van der Waals surface area contributed by atoms with E-state index in [0.29, 0.717) is 26.4 Å². The Morgan fingerprint density at radius 1 is 1.15 bits per heavy atom. The van der Waals surface area contributed by atoms with Crippen molar-refractivity contribution in [2.45, 2.75) is 46.3 Å². The first-order chi connectivity index (χ1) is 9.60. The van der Waals surface area contributed by atoms with Crippen molar-refractivity contribution in [1.82, 2.24) is 10.2 Å². The molecule has 0 rings (SSSR count). The molecule has 0 aliphatic rings. The van der Waals surface area contributed by atoms with Crippen molar-refractivity contribution in [3.63, 3.8) is 0 Å². The molecule has 1 unspecified atom stereocenters. The Morgan fingerprint density at radius 3 is 2.45 bits per heavy atom. The van der Waals surface area contributed by atoms with Gasteiger partial charge >= 0.3 is 0 Å². The number of nitrogens with zero attached hydrogens (tertiary/aromatic N) is 1. The fourth-order valence-electron chi connectivity index (χ4n) is 1.86. The average Bonchev–Trinajstić information content (AvgIpc) is 2.42. The standard InChI is InChI=1S/C15H34N2O3/c1-5-17(6-2)9-7-8-16-12-15(18)13-19-10-11-20-14(3)4/h14-16,18H,5-13H2,1-4H3. The van der Waals surface area contributed by atoms with E-state index in [9.17, 15) is 5.11 Å². The van der Waals surface area contributed by atoms with Crippen LogP contribution in [0.25, 0.3) is 0 Å². The Hall–Kier alpha value is -0.200. The van der Waals surface area contributed by atoms with Gasteiger partial charge in [-0.15, -0.1) is 0 Å². The van der Waals surface area contributed by atoms with Crippen molar-refractivity contribution in [2.24, 2.45) is 0 Å². The van der Waals surface area contributed by atoms with Crippen molar-refractivity contribution < 1.29 is 14.6 Å². The molecule has 2 N–H and O–H groups in total. The quantitative estimate of drug-likeness (QED) is 0.469. The van der Waals surface area contributed by atoms with E-state index in [1.807, 2.05) is 13.8 Å². The van der Waals surface area contributed by atoms with Gasteiger partial charge in [-0.1, -0.05) is 13.8 Å². The minimum atomic E-state index is -0.442. The Bertz CT molecular complexity index is 200. The van der Waals surface area contributed by atoms with E-state index < -0.39 is 6.10 Å². The van der Waals surface area contributed by atoms with E-state index in [4.69, 9.17) is 9.47 Å². The molecule has 5 heteroatoms. The van der Waals surface area contributed by atoms with Crippen molar-refractivity contribution in [2.75, 3.05) is 52.5 Å². The third-order valence-corrected chi connectivity index (χ3v) is 3.09. The lowest BCUT2D eigenvalue weighted by Gasteiger charge is -2.18. The molecular weight excluding hydrogens is 256 g/mol. The topological polar surface area (TPSA) is 54.0 Å². The maximum Gasteiger partial charge on any atom is 0.0897 e. The van der Waals surface area contributed by atoms with E-state index >= 15 is 0 Å². The van der Waals surface area contributed by atoms with Gasteiger partial charge in [-0.3, -0.25) is 0 Å². The van der Waals surface area contributed by atoms with Crippen LogP contribution in [0.4, 0.5) is 0 Å². The Morgan fingerprint density at radius 2 is 1.85 bits per heavy atom. The summed E-state index contributed by atoms with van der Waals surface area (Å²) < 4.78 is 10.7. The van der Waals surface area contributed by atoms with Crippen LogP contribution in [0.1, 0.15) is 34.1 Å². The highest BCUT2D eigenvalue weighted by atomic mass is 16.5. The Balaban J connectivity index is 3.30. The normalized spacial score (nSPS) is 13.3. The molecule has 0 radical (unpaired) electrons. The van der Waals surface area contributed by atoms with E-state index in [1.54, 1.807) is 0 Å². The molecule has 122 valence electrons. The van der Waals surface area contributed by atoms with Crippen LogP contribution in [-0.2, 0) is 9.47 Å². The molecule has 0 aliphatic carbocycles. The lowest BCUT2D eigenvalue weighted by molar-refractivity contribution is -0.00994. The number of rotatable bonds is 14. The third-order valence-electron chi connectivity index (χ3n) is 3.09. The number of ether oxygens (including phenoxy) is 2. The van der Waals surface area contributed by atoms with Gasteiger partial charge in [0.25, 0.3) is 0 Å². The zero-order chi connectivity index (χ0) is 15.2. The molecule has 0 aliphatic heterocycles. The first-order valence-electron chi connectivity index (χ1n) is 7.90. The molecule has 1 atom stereocenters. The zero-order valence-electron chi connectivity index (χ0n) is 13.7. The fraction of sp³-hybridized carbons (Fsp3) is 1.00. The highest BCUT2D eigenvalue weighted by Crippen LogP contribution is 1.91. The summed E-state index contributed by atoms with van der Waals surface area (Å²) in [6, 6.07) is 0. The summed E-state index contributed by atoms with van der Waals surface area (Å²) in [5.41, 5.74) is 0. The van der Waals surface area contributed by atoms with Gasteiger partial charge in [-0.25, -0.2) is 0 Å². The predicted octanol–water partition coefficient (Wildman–Crippen LogP) is 1.11. The van der Waals surface area contributed by atoms with Gasteiger partial charge in [0, 0.05) is 6.54 Å². The number of aliphatic hydroxyl groups excluding tert-OH is 1. The summed E-state index contributed by atoms with van der Waals surface area (Å²) in [5, 5.41) is 13.0. The van der Waals surface area contributed by atoms with Crippen LogP contribution in [0.5, 0.6) is 0 Å². The first kappa shape index (κ1) is 19.8. The lowest BCUT2D eigenvalue weighted by Crippen LogP contribution is -2.33. The summed E-state index contributed by atoms with van der Waals surface area (Å²) in [4.78, 5) is 2.40. The molecule has 0 amide bonds. The summed E-state index contributed by atoms with van der Waals surface area (Å²) in [5.74, 6) is 0. The van der Waals surface area contributed by atoms with Crippen LogP contribution in [0.15, 0.2) is 0 Å². The highest BCUT2D eigenvalue weighted by Gasteiger charge is 2.04. The maximum absolute atomic E-state index is 9.72. The lowest BCUT2D eigenvalue weighted by atomic mass is 10.3. The van der Waals surface area contributed by atoms with Gasteiger partial charge in [-0.2, -0.15) is 0 Å². The molecule has 20 heavy (non-hydrogen) atoms. The summed E-state index contributed by atoms with van der Waals surface area (Å²) >= 11 is 0. The monoisotopic (exact) mass is 290 g/mol. The number of aliphatic hydroxyl groups is 1. The summed E-state index contributed by atoms with van der Waals surface area (Å²) in [7, 11) is 0. The van der Waals surface area contributed by atoms with Crippen LogP contribution in [0.3, 0.4) is 0 Å². The van der Waals surface area contributed by atoms with Crippen LogP contribution < -0.4 is 5.32 Å². The number of nitrogens with one attached hydrogen (secondary N) is 1. The van der Waals surface area contributed by atoms with Gasteiger partial charge in [0.2, 0.25) is 0 Å². The van der Waals surface area contributed by atoms with Crippen molar-refractivity contribution in [3.05, 3.63) is 0 Å². The maximum atomic E-state index is 9.72. The van der Waals surface area contributed by atoms with Crippen LogP contribution in [-0.4, -0.2) is 74.8 Å². The predicted molar refractivity (Wildman–Crippen MR) is 83.2 cm³/mol. The molecule has 0 fully saturated rings. The van der Waals surface area contributed by atoms with Gasteiger partial charge < -0.3 is 24.8 Å². The Kier molecular flexibility index (Phi) is 13.6. The zero-order valence-corrected chi connectivity index (χ0v) is 13.7. The highest BCUT2D eigenvalue weighted by molar-refractivity contribution is 4.60. The van der Waals surface area contributed by atoms with Gasteiger partial charge in [0.1, 0.15) is 0 Å². The van der Waals surface area contributed by atoms with E-state index in [1.165, 1.54) is 0 Å². The fourth-order valence-corrected chi connectivity index (χ4v) is 1.86.